The largest absolute Gasteiger partial charge is 0.496 e. The topological polar surface area (TPSA) is 65.0 Å². The minimum atomic E-state index is -2.07. The summed E-state index contributed by atoms with van der Waals surface area (Å²) in [6.45, 7) is 13.3. The summed E-state index contributed by atoms with van der Waals surface area (Å²) < 4.78 is 17.9. The summed E-state index contributed by atoms with van der Waals surface area (Å²) in [7, 11) is -0.395. The van der Waals surface area contributed by atoms with Gasteiger partial charge in [0.2, 0.25) is 0 Å². The first-order valence-corrected chi connectivity index (χ1v) is 13.6. The van der Waals surface area contributed by atoms with Gasteiger partial charge in [0.25, 0.3) is 0 Å². The molecule has 0 radical (unpaired) electrons. The molecule has 2 aliphatic carbocycles. The maximum Gasteiger partial charge on any atom is 0.311 e. The number of benzene rings is 1. The maximum atomic E-state index is 12.7. The average Bonchev–Trinajstić information content (AvgIpc) is 2.96. The van der Waals surface area contributed by atoms with Gasteiger partial charge in [0.15, 0.2) is 8.32 Å². The number of hydrogen-bond donors (Lipinski definition) is 1. The molecule has 0 amide bonds. The Kier molecular flexibility index (Phi) is 6.19. The molecule has 0 heterocycles. The Morgan fingerprint density at radius 3 is 2.52 bits per heavy atom. The lowest BCUT2D eigenvalue weighted by Crippen LogP contribution is -2.45. The molecule has 0 aromatic heterocycles. The summed E-state index contributed by atoms with van der Waals surface area (Å²) in [5.41, 5.74) is 2.25. The van der Waals surface area contributed by atoms with Crippen LogP contribution in [0.1, 0.15) is 51.3 Å². The molecule has 0 saturated heterocycles. The number of aliphatic hydroxyl groups excluding tert-OH is 1. The van der Waals surface area contributed by atoms with Gasteiger partial charge in [0, 0.05) is 5.56 Å². The second-order valence-corrected chi connectivity index (χ2v) is 14.7. The summed E-state index contributed by atoms with van der Waals surface area (Å²) in [4.78, 5) is 12.7. The molecule has 0 aliphatic heterocycles. The summed E-state index contributed by atoms with van der Waals surface area (Å²) in [5, 5.41) is 10.9. The Bertz CT molecular complexity index is 754. The molecule has 5 nitrogen and oxygen atoms in total. The molecule has 0 unspecified atom stereocenters. The van der Waals surface area contributed by atoms with Gasteiger partial charge in [-0.3, -0.25) is 4.79 Å². The standard InChI is InChI=1S/C23H36O5Si/c1-8-27-22(25)20-16-12-15-14(10-9-11-19(15)26-5)21(17(16)13-18(20)24)28-29(6,7)23(2,3)4/h9-11,16-18,20-21,24H,8,12-13H2,1-7H3/t16-,17+,18-,20+,21+/m1/s1. The highest BCUT2D eigenvalue weighted by Crippen LogP contribution is 2.55. The number of carbonyl (C=O) groups excluding carboxylic acids is 1. The zero-order valence-corrected chi connectivity index (χ0v) is 19.8. The van der Waals surface area contributed by atoms with E-state index in [0.29, 0.717) is 19.4 Å². The van der Waals surface area contributed by atoms with E-state index in [-0.39, 0.29) is 28.9 Å². The molecular formula is C23H36O5Si. The van der Waals surface area contributed by atoms with Crippen LogP contribution in [0, 0.1) is 17.8 Å². The van der Waals surface area contributed by atoms with Crippen LogP contribution in [0.3, 0.4) is 0 Å². The van der Waals surface area contributed by atoms with E-state index in [1.807, 2.05) is 12.1 Å². The van der Waals surface area contributed by atoms with Crippen molar-refractivity contribution in [1.29, 1.82) is 0 Å². The van der Waals surface area contributed by atoms with E-state index in [1.165, 1.54) is 0 Å². The SMILES string of the molecule is CCOC(=O)[C@H]1[C@@H]2Cc3c(OC)cccc3[C@H](O[Si](C)(C)C(C)(C)C)[C@H]2C[C@H]1O. The van der Waals surface area contributed by atoms with Crippen LogP contribution in [0.4, 0.5) is 0 Å². The van der Waals surface area contributed by atoms with Crippen LogP contribution >= 0.6 is 0 Å². The van der Waals surface area contributed by atoms with Crippen LogP contribution in [0.15, 0.2) is 18.2 Å². The number of esters is 1. The number of fused-ring (bicyclic) bond motifs is 2. The molecule has 0 bridgehead atoms. The van der Waals surface area contributed by atoms with Gasteiger partial charge >= 0.3 is 5.97 Å². The number of methoxy groups -OCH3 is 1. The number of aliphatic hydroxyl groups is 1. The van der Waals surface area contributed by atoms with Crippen LogP contribution in [-0.2, 0) is 20.4 Å². The van der Waals surface area contributed by atoms with E-state index in [2.05, 4.69) is 39.9 Å². The lowest BCUT2D eigenvalue weighted by molar-refractivity contribution is -0.153. The van der Waals surface area contributed by atoms with Crippen molar-refractivity contribution in [2.45, 2.75) is 70.9 Å². The number of hydrogen-bond acceptors (Lipinski definition) is 5. The van der Waals surface area contributed by atoms with Crippen LogP contribution in [0.5, 0.6) is 5.75 Å². The van der Waals surface area contributed by atoms with Gasteiger partial charge in [0.1, 0.15) is 5.75 Å². The normalized spacial score (nSPS) is 29.2. The number of rotatable bonds is 5. The molecule has 1 saturated carbocycles. The minimum Gasteiger partial charge on any atom is -0.496 e. The highest BCUT2D eigenvalue weighted by atomic mass is 28.4. The molecule has 1 N–H and O–H groups in total. The lowest BCUT2D eigenvalue weighted by atomic mass is 9.73. The average molecular weight is 421 g/mol. The fraction of sp³-hybridized carbons (Fsp3) is 0.696. The first-order valence-electron chi connectivity index (χ1n) is 10.7. The number of carbonyl (C=O) groups is 1. The molecule has 0 spiro atoms. The quantitative estimate of drug-likeness (QED) is 0.562. The highest BCUT2D eigenvalue weighted by molar-refractivity contribution is 6.74. The van der Waals surface area contributed by atoms with E-state index >= 15 is 0 Å². The molecule has 5 atom stereocenters. The third kappa shape index (κ3) is 3.99. The van der Waals surface area contributed by atoms with Crippen LogP contribution in [0.2, 0.25) is 18.1 Å². The molecule has 162 valence electrons. The first-order chi connectivity index (χ1) is 13.5. The van der Waals surface area contributed by atoms with Gasteiger partial charge in [-0.2, -0.15) is 0 Å². The van der Waals surface area contributed by atoms with Crippen molar-refractivity contribution in [3.05, 3.63) is 29.3 Å². The predicted molar refractivity (Wildman–Crippen MR) is 115 cm³/mol. The van der Waals surface area contributed by atoms with Crippen molar-refractivity contribution in [3.63, 3.8) is 0 Å². The van der Waals surface area contributed by atoms with Crippen molar-refractivity contribution < 1.29 is 23.8 Å². The zero-order valence-electron chi connectivity index (χ0n) is 18.8. The smallest absolute Gasteiger partial charge is 0.311 e. The maximum absolute atomic E-state index is 12.7. The van der Waals surface area contributed by atoms with Gasteiger partial charge in [-0.1, -0.05) is 32.9 Å². The summed E-state index contributed by atoms with van der Waals surface area (Å²) >= 11 is 0. The molecule has 6 heteroatoms. The fourth-order valence-electron chi connectivity index (χ4n) is 4.72. The summed E-state index contributed by atoms with van der Waals surface area (Å²) in [6, 6.07) is 6.09. The van der Waals surface area contributed by atoms with Gasteiger partial charge in [-0.25, -0.2) is 0 Å². The Morgan fingerprint density at radius 2 is 1.93 bits per heavy atom. The molecule has 29 heavy (non-hydrogen) atoms. The van der Waals surface area contributed by atoms with Crippen molar-refractivity contribution in [1.82, 2.24) is 0 Å². The van der Waals surface area contributed by atoms with Gasteiger partial charge < -0.3 is 19.0 Å². The highest BCUT2D eigenvalue weighted by Gasteiger charge is 2.54. The Morgan fingerprint density at radius 1 is 1.24 bits per heavy atom. The van der Waals surface area contributed by atoms with Crippen molar-refractivity contribution in [3.8, 4) is 5.75 Å². The third-order valence-corrected chi connectivity index (χ3v) is 11.7. The molecule has 2 aliphatic rings. The minimum absolute atomic E-state index is 0.0115. The predicted octanol–water partition coefficient (Wildman–Crippen LogP) is 4.49. The molecule has 1 aromatic rings. The second kappa shape index (κ2) is 8.04. The van der Waals surface area contributed by atoms with Gasteiger partial charge in [-0.15, -0.1) is 0 Å². The lowest BCUT2D eigenvalue weighted by Gasteiger charge is -2.45. The van der Waals surface area contributed by atoms with E-state index in [9.17, 15) is 9.90 Å². The third-order valence-electron chi connectivity index (χ3n) is 7.25. The number of ether oxygens (including phenoxy) is 2. The summed E-state index contributed by atoms with van der Waals surface area (Å²) in [5.74, 6) is 0.102. The second-order valence-electron chi connectivity index (χ2n) is 9.94. The first kappa shape index (κ1) is 22.3. The summed E-state index contributed by atoms with van der Waals surface area (Å²) in [6.07, 6.45) is 0.412. The molecule has 3 rings (SSSR count). The fourth-order valence-corrected chi connectivity index (χ4v) is 6.01. The monoisotopic (exact) mass is 420 g/mol. The van der Waals surface area contributed by atoms with E-state index < -0.39 is 20.3 Å². The van der Waals surface area contributed by atoms with E-state index in [1.54, 1.807) is 14.0 Å². The van der Waals surface area contributed by atoms with Crippen LogP contribution in [0.25, 0.3) is 0 Å². The van der Waals surface area contributed by atoms with Gasteiger partial charge in [-0.05, 0) is 61.4 Å². The molecule has 1 fully saturated rings. The zero-order chi connectivity index (χ0) is 21.6. The van der Waals surface area contributed by atoms with E-state index in [4.69, 9.17) is 13.9 Å². The Balaban J connectivity index is 2.06. The van der Waals surface area contributed by atoms with Crippen LogP contribution in [-0.4, -0.2) is 39.2 Å². The van der Waals surface area contributed by atoms with Crippen molar-refractivity contribution in [2.75, 3.05) is 13.7 Å². The van der Waals surface area contributed by atoms with Crippen molar-refractivity contribution >= 4 is 14.3 Å². The van der Waals surface area contributed by atoms with Crippen molar-refractivity contribution in [2.24, 2.45) is 17.8 Å². The van der Waals surface area contributed by atoms with Gasteiger partial charge in [0.05, 0.1) is 31.8 Å². The van der Waals surface area contributed by atoms with Crippen LogP contribution < -0.4 is 4.74 Å². The molecular weight excluding hydrogens is 384 g/mol. The van der Waals surface area contributed by atoms with E-state index in [0.717, 1.165) is 16.9 Å². The Hall–Kier alpha value is -1.37. The Labute approximate surface area is 175 Å². The molecule has 1 aromatic carbocycles.